The van der Waals surface area contributed by atoms with E-state index in [-0.39, 0.29) is 40.8 Å². The average molecular weight is 646 g/mol. The van der Waals surface area contributed by atoms with E-state index in [2.05, 4.69) is 11.1 Å². The molecule has 0 unspecified atom stereocenters. The van der Waals surface area contributed by atoms with Crippen LogP contribution in [-0.4, -0.2) is 52.7 Å². The molecule has 240 valence electrons. The molecule has 3 aromatic rings. The summed E-state index contributed by atoms with van der Waals surface area (Å²) < 4.78 is 35.8. The first-order chi connectivity index (χ1) is 22.1. The number of aromatic nitrogens is 1. The smallest absolute Gasteiger partial charge is 0.314 e. The van der Waals surface area contributed by atoms with Crippen molar-refractivity contribution in [2.75, 3.05) is 18.3 Å². The summed E-state index contributed by atoms with van der Waals surface area (Å²) in [6.45, 7) is 5.05. The maximum absolute atomic E-state index is 16.3. The standard InChI is InChI=1S/C35H36FN3O6S/c1-34(2,3)33(42)44-19-43-30-25(40)12-15-38-29(30)32(41)37-16-14-35-13-11-21(45-35)17-23(35)31(37)39(38)28-22-8-4-5-10-26(22)46-18-20-7-6-9-24(36)27(20)28/h4-10,12,15,21,23,28,31H,11,13-14,16-19H2,1-3H3/t21-,23+,28+,31+,35-/m0/s1. The fraction of sp³-hybridized carbons (Fsp3) is 0.457. The van der Waals surface area contributed by atoms with E-state index in [9.17, 15) is 14.4 Å². The van der Waals surface area contributed by atoms with Crippen LogP contribution in [0.2, 0.25) is 0 Å². The number of carbonyl (C=O) groups excluding carboxylic acids is 2. The number of rotatable bonds is 4. The maximum Gasteiger partial charge on any atom is 0.314 e. The summed E-state index contributed by atoms with van der Waals surface area (Å²) in [5.41, 5.74) is 0.719. The second kappa shape index (κ2) is 10.6. The minimum absolute atomic E-state index is 0.0214. The molecule has 5 aliphatic rings. The lowest BCUT2D eigenvalue weighted by atomic mass is 9.71. The maximum atomic E-state index is 16.3. The van der Waals surface area contributed by atoms with Crippen molar-refractivity contribution < 1.29 is 28.2 Å². The highest BCUT2D eigenvalue weighted by molar-refractivity contribution is 7.98. The number of hydrogen-bond donors (Lipinski definition) is 0. The third kappa shape index (κ3) is 4.41. The SMILES string of the molecule is CC(C)(C)C(=O)OCOc1c2n(ccc1=O)N([C@@H]1c3ccccc3SCc3cccc(F)c31)[C@@H]1[C@H]3C[C@@H]4CC[C@@]3(CCN1C2=O)O4. The van der Waals surface area contributed by atoms with Gasteiger partial charge in [-0.1, -0.05) is 30.3 Å². The van der Waals surface area contributed by atoms with Crippen molar-refractivity contribution in [3.8, 4) is 5.75 Å². The number of benzene rings is 2. The summed E-state index contributed by atoms with van der Waals surface area (Å²) in [6.07, 6.45) is 4.63. The Balaban J connectivity index is 1.34. The van der Waals surface area contributed by atoms with Crippen LogP contribution >= 0.6 is 11.8 Å². The number of amides is 1. The Labute approximate surface area is 270 Å². The number of hydrogen-bond acceptors (Lipinski definition) is 8. The summed E-state index contributed by atoms with van der Waals surface area (Å²) in [6, 6.07) is 13.9. The molecule has 1 aromatic heterocycles. The van der Waals surface area contributed by atoms with E-state index in [4.69, 9.17) is 14.2 Å². The number of ether oxygens (including phenoxy) is 3. The van der Waals surface area contributed by atoms with E-state index in [0.717, 1.165) is 35.3 Å². The number of carbonyl (C=O) groups is 2. The number of piperidine rings is 1. The summed E-state index contributed by atoms with van der Waals surface area (Å²) in [5.74, 6) is -0.808. The monoisotopic (exact) mass is 645 g/mol. The summed E-state index contributed by atoms with van der Waals surface area (Å²) >= 11 is 1.66. The van der Waals surface area contributed by atoms with Crippen molar-refractivity contribution in [3.63, 3.8) is 0 Å². The molecule has 5 aliphatic heterocycles. The summed E-state index contributed by atoms with van der Waals surface area (Å²) in [7, 11) is 0. The number of nitrogens with zero attached hydrogens (tertiary/aromatic N) is 3. The molecule has 5 atom stereocenters. The van der Waals surface area contributed by atoms with Crippen molar-refractivity contribution >= 4 is 23.6 Å². The van der Waals surface area contributed by atoms with Crippen LogP contribution in [-0.2, 0) is 20.0 Å². The molecule has 6 heterocycles. The molecule has 46 heavy (non-hydrogen) atoms. The lowest BCUT2D eigenvalue weighted by Gasteiger charge is -2.57. The van der Waals surface area contributed by atoms with E-state index >= 15 is 4.39 Å². The van der Waals surface area contributed by atoms with Gasteiger partial charge in [-0.25, -0.2) is 4.39 Å². The number of pyridine rings is 1. The van der Waals surface area contributed by atoms with Gasteiger partial charge < -0.3 is 19.1 Å². The zero-order valence-corrected chi connectivity index (χ0v) is 26.8. The molecular formula is C35H36FN3O6S. The quantitative estimate of drug-likeness (QED) is 0.277. The first-order valence-electron chi connectivity index (χ1n) is 15.9. The highest BCUT2D eigenvalue weighted by atomic mass is 32.2. The molecule has 3 fully saturated rings. The molecule has 9 nitrogen and oxygen atoms in total. The molecule has 0 radical (unpaired) electrons. The molecule has 8 rings (SSSR count). The predicted molar refractivity (Wildman–Crippen MR) is 169 cm³/mol. The second-order valence-corrected chi connectivity index (χ2v) is 14.9. The van der Waals surface area contributed by atoms with Crippen molar-refractivity contribution in [2.45, 2.75) is 81.0 Å². The first-order valence-corrected chi connectivity index (χ1v) is 16.9. The zero-order valence-electron chi connectivity index (χ0n) is 26.0. The minimum atomic E-state index is -0.775. The average Bonchev–Trinajstić information content (AvgIpc) is 3.56. The van der Waals surface area contributed by atoms with Crippen LogP contribution < -0.4 is 15.2 Å². The molecule has 11 heteroatoms. The molecule has 2 aromatic carbocycles. The van der Waals surface area contributed by atoms with E-state index < -0.39 is 35.8 Å². The van der Waals surface area contributed by atoms with Gasteiger partial charge in [-0.15, -0.1) is 11.8 Å². The van der Waals surface area contributed by atoms with E-state index in [1.807, 2.05) is 29.2 Å². The van der Waals surface area contributed by atoms with Crippen LogP contribution in [0.3, 0.4) is 0 Å². The van der Waals surface area contributed by atoms with E-state index in [0.29, 0.717) is 24.3 Å². The number of fused-ring (bicyclic) bond motifs is 6. The van der Waals surface area contributed by atoms with Crippen molar-refractivity contribution in [1.82, 2.24) is 9.58 Å². The molecule has 0 aliphatic carbocycles. The van der Waals surface area contributed by atoms with Crippen molar-refractivity contribution in [1.29, 1.82) is 0 Å². The van der Waals surface area contributed by atoms with Gasteiger partial charge in [0.2, 0.25) is 18.0 Å². The van der Waals surface area contributed by atoms with Crippen LogP contribution in [0.15, 0.2) is 64.4 Å². The van der Waals surface area contributed by atoms with Gasteiger partial charge in [0.15, 0.2) is 5.69 Å². The van der Waals surface area contributed by atoms with Crippen LogP contribution in [0.25, 0.3) is 0 Å². The van der Waals surface area contributed by atoms with Gasteiger partial charge in [-0.2, -0.15) is 0 Å². The number of halogens is 1. The van der Waals surface area contributed by atoms with Gasteiger partial charge in [-0.05, 0) is 69.7 Å². The Bertz CT molecular complexity index is 1820. The molecule has 2 bridgehead atoms. The summed E-state index contributed by atoms with van der Waals surface area (Å²) in [5, 5.41) is 2.09. The minimum Gasteiger partial charge on any atom is -0.451 e. The van der Waals surface area contributed by atoms with Gasteiger partial charge in [0.05, 0.1) is 17.1 Å². The first kappa shape index (κ1) is 29.6. The van der Waals surface area contributed by atoms with Crippen molar-refractivity contribution in [3.05, 3.63) is 93.2 Å². The summed E-state index contributed by atoms with van der Waals surface area (Å²) in [4.78, 5) is 43.3. The highest BCUT2D eigenvalue weighted by Crippen LogP contribution is 2.57. The van der Waals surface area contributed by atoms with Crippen LogP contribution in [0.1, 0.15) is 79.7 Å². The Morgan fingerprint density at radius 1 is 1.11 bits per heavy atom. The fourth-order valence-corrected chi connectivity index (χ4v) is 9.22. The fourth-order valence-electron chi connectivity index (χ4n) is 8.14. The number of thioether (sulfide) groups is 1. The molecule has 1 amide bonds. The lowest BCUT2D eigenvalue weighted by molar-refractivity contribution is -0.159. The van der Waals surface area contributed by atoms with Gasteiger partial charge in [0.1, 0.15) is 18.0 Å². The van der Waals surface area contributed by atoms with Crippen molar-refractivity contribution in [2.24, 2.45) is 11.3 Å². The normalized spacial score (nSPS) is 27.6. The van der Waals surface area contributed by atoms with E-state index in [1.165, 1.54) is 12.1 Å². The molecule has 0 N–H and O–H groups in total. The molecular weight excluding hydrogens is 609 g/mol. The number of esters is 1. The Hall–Kier alpha value is -3.83. The Kier molecular flexibility index (Phi) is 6.81. The zero-order chi connectivity index (χ0) is 32.0. The van der Waals surface area contributed by atoms with Gasteiger partial charge >= 0.3 is 5.97 Å². The third-order valence-corrected chi connectivity index (χ3v) is 11.4. The lowest BCUT2D eigenvalue weighted by Crippen LogP contribution is -2.70. The van der Waals surface area contributed by atoms with Gasteiger partial charge in [0, 0.05) is 40.9 Å². The van der Waals surface area contributed by atoms with Gasteiger partial charge in [0.25, 0.3) is 5.91 Å². The third-order valence-electron chi connectivity index (χ3n) is 10.2. The topological polar surface area (TPSA) is 90.3 Å². The molecule has 3 saturated heterocycles. The van der Waals surface area contributed by atoms with Crippen LogP contribution in [0.5, 0.6) is 5.75 Å². The van der Waals surface area contributed by atoms with Gasteiger partial charge in [-0.3, -0.25) is 24.1 Å². The van der Waals surface area contributed by atoms with Crippen LogP contribution in [0, 0.1) is 17.2 Å². The predicted octanol–water partition coefficient (Wildman–Crippen LogP) is 5.37. The second-order valence-electron chi connectivity index (χ2n) is 13.9. The molecule has 0 saturated carbocycles. The largest absolute Gasteiger partial charge is 0.451 e. The molecule has 1 spiro atoms. The van der Waals surface area contributed by atoms with Crippen LogP contribution in [0.4, 0.5) is 4.39 Å². The van der Waals surface area contributed by atoms with E-state index in [1.54, 1.807) is 49.5 Å². The Morgan fingerprint density at radius 2 is 1.93 bits per heavy atom. The highest BCUT2D eigenvalue weighted by Gasteiger charge is 2.63. The Morgan fingerprint density at radius 3 is 2.74 bits per heavy atom.